The minimum absolute atomic E-state index is 0. The molecule has 0 atom stereocenters. The van der Waals surface area contributed by atoms with Crippen LogP contribution in [0.3, 0.4) is 0 Å². The minimum Gasteiger partial charge on any atom is -0.591 e. The van der Waals surface area contributed by atoms with Gasteiger partial charge in [-0.25, -0.2) is 0 Å². The van der Waals surface area contributed by atoms with E-state index in [1.165, 1.54) is 23.8 Å². The Balaban J connectivity index is 0.000000639. The first-order valence-electron chi connectivity index (χ1n) is 10.4. The van der Waals surface area contributed by atoms with Gasteiger partial charge in [0.25, 0.3) is 0 Å². The largest absolute Gasteiger partial charge is 0.591 e. The quantitative estimate of drug-likeness (QED) is 0.374. The second kappa shape index (κ2) is 13.1. The predicted molar refractivity (Wildman–Crippen MR) is 128 cm³/mol. The maximum absolute atomic E-state index is 10.7. The molecule has 0 heterocycles. The van der Waals surface area contributed by atoms with E-state index in [1.54, 1.807) is 18.5 Å². The van der Waals surface area contributed by atoms with Crippen LogP contribution < -0.4 is 5.32 Å². The molecule has 32 heavy (non-hydrogen) atoms. The molecule has 5 nitrogen and oxygen atoms in total. The Labute approximate surface area is 219 Å². The molecular weight excluding hydrogens is 477 g/mol. The monoisotopic (exact) mass is 513 g/mol. The van der Waals surface area contributed by atoms with E-state index in [-0.39, 0.29) is 43.5 Å². The summed E-state index contributed by atoms with van der Waals surface area (Å²) >= 11 is 0. The summed E-state index contributed by atoms with van der Waals surface area (Å²) in [6.07, 6.45) is 1.18. The van der Waals surface area contributed by atoms with Crippen LogP contribution in [-0.2, 0) is 59.6 Å². The zero-order valence-electron chi connectivity index (χ0n) is 20.9. The molecule has 0 saturated carbocycles. The van der Waals surface area contributed by atoms with Crippen molar-refractivity contribution in [3.05, 3.63) is 69.5 Å². The topological polar surface area (TPSA) is 69.5 Å². The molecule has 0 aliphatic heterocycles. The number of carbonyl (C=O) groups is 1. The maximum atomic E-state index is 10.7. The molecule has 0 spiro atoms. The van der Waals surface area contributed by atoms with Crippen molar-refractivity contribution in [2.24, 2.45) is 0 Å². The first-order valence-corrected chi connectivity index (χ1v) is 10.4. The zero-order chi connectivity index (χ0) is 23.8. The van der Waals surface area contributed by atoms with Gasteiger partial charge in [-0.15, -0.1) is 5.69 Å². The van der Waals surface area contributed by atoms with Crippen molar-refractivity contribution in [2.75, 3.05) is 7.11 Å². The van der Waals surface area contributed by atoms with Crippen molar-refractivity contribution in [3.63, 3.8) is 0 Å². The van der Waals surface area contributed by atoms with Crippen molar-refractivity contribution >= 4 is 18.2 Å². The van der Waals surface area contributed by atoms with Crippen LogP contribution in [0.5, 0.6) is 0 Å². The van der Waals surface area contributed by atoms with Crippen LogP contribution in [0.15, 0.2) is 36.4 Å². The van der Waals surface area contributed by atoms with Gasteiger partial charge in [0.1, 0.15) is 0 Å². The molecule has 6 heteroatoms. The molecule has 0 aromatic heterocycles. The Morgan fingerprint density at radius 3 is 1.81 bits per heavy atom. The summed E-state index contributed by atoms with van der Waals surface area (Å²) in [5.41, 5.74) is 7.16. The van der Waals surface area contributed by atoms with E-state index in [0.29, 0.717) is 12.2 Å². The Bertz CT molecular complexity index is 844. The number of nitrogens with zero attached hydrogens (tertiary/aromatic N) is 1. The molecule has 2 aromatic carbocycles. The van der Waals surface area contributed by atoms with Gasteiger partial charge in [-0.1, -0.05) is 83.5 Å². The molecule has 0 aliphatic carbocycles. The summed E-state index contributed by atoms with van der Waals surface area (Å²) < 4.78 is 4.38. The second-order valence-electron chi connectivity index (χ2n) is 9.69. The Morgan fingerprint density at radius 1 is 0.969 bits per heavy atom. The Hall–Kier alpha value is -1.72. The number of carbonyl (C=O) groups excluding carboxylic acids is 2. The molecule has 0 unspecified atom stereocenters. The molecule has 0 fully saturated rings. The van der Waals surface area contributed by atoms with Crippen LogP contribution in [-0.4, -0.2) is 19.6 Å². The van der Waals surface area contributed by atoms with Gasteiger partial charge < -0.3 is 20.2 Å². The van der Waals surface area contributed by atoms with E-state index in [4.69, 9.17) is 0 Å². The average Bonchev–Trinajstić information content (AvgIpc) is 2.67. The van der Waals surface area contributed by atoms with Gasteiger partial charge >= 0.3 is 0 Å². The molecule has 0 aliphatic rings. The third-order valence-electron chi connectivity index (χ3n) is 4.88. The number of hydrogen-bond acceptors (Lipinski definition) is 3. The van der Waals surface area contributed by atoms with Gasteiger partial charge in [-0.05, 0) is 46.9 Å². The fraction of sp³-hybridized carbons (Fsp3) is 0.462. The molecule has 0 saturated heterocycles. The summed E-state index contributed by atoms with van der Waals surface area (Å²) in [6.45, 7) is 18.1. The first-order chi connectivity index (χ1) is 14.3. The summed E-state index contributed by atoms with van der Waals surface area (Å²) in [7, 11) is 1.31. The van der Waals surface area contributed by atoms with Gasteiger partial charge in [0.2, 0.25) is 6.09 Å². The van der Waals surface area contributed by atoms with E-state index in [2.05, 4.69) is 76.0 Å². The van der Waals surface area contributed by atoms with Crippen LogP contribution in [0.1, 0.15) is 69.4 Å². The summed E-state index contributed by atoms with van der Waals surface area (Å²) in [5.74, 6) is 0. The summed E-state index contributed by atoms with van der Waals surface area (Å²) in [6, 6.07) is 11.7. The normalized spacial score (nSPS) is 10.8. The average molecular weight is 513 g/mol. The van der Waals surface area contributed by atoms with Crippen LogP contribution in [0.4, 0.5) is 10.5 Å². The standard InChI is InChI=1S/C17H26NO.C9H11NO2.Y/c1-12-14(16(2,3)4)8-13(10-18-11-19)9-15(12)17(5,6)7;1-7-3-5-8(6-4-7)10-9(11)12-2;/h8-9H,10H2,1-7H3,(H,18,19);3-6H,1-2H3,(H,10,11);/q-1;;/p-1. The molecule has 173 valence electrons. The Kier molecular flexibility index (Phi) is 12.4. The summed E-state index contributed by atoms with van der Waals surface area (Å²) in [5, 5.41) is 6.29. The van der Waals surface area contributed by atoms with E-state index < -0.39 is 6.09 Å². The maximum Gasteiger partial charge on any atom is 0.232 e. The number of ether oxygens (including phenoxy) is 1. The minimum atomic E-state index is -0.571. The van der Waals surface area contributed by atoms with Crippen molar-refractivity contribution in [3.8, 4) is 0 Å². The van der Waals surface area contributed by atoms with Gasteiger partial charge in [-0.2, -0.15) is 6.41 Å². The number of methoxy groups -OCH3 is 1. The first kappa shape index (κ1) is 30.3. The number of benzene rings is 2. The smallest absolute Gasteiger partial charge is 0.232 e. The van der Waals surface area contributed by atoms with Crippen molar-refractivity contribution in [2.45, 2.75) is 72.8 Å². The molecule has 2 amide bonds. The number of hydrogen-bond donors (Lipinski definition) is 1. The molecule has 0 bridgehead atoms. The molecule has 1 N–H and O–H groups in total. The third-order valence-corrected chi connectivity index (χ3v) is 4.88. The fourth-order valence-corrected chi connectivity index (χ4v) is 3.34. The molecule has 1 radical (unpaired) electrons. The van der Waals surface area contributed by atoms with Crippen molar-refractivity contribution in [1.29, 1.82) is 0 Å². The van der Waals surface area contributed by atoms with E-state index in [9.17, 15) is 9.59 Å². The number of nitrogens with one attached hydrogen (secondary N) is 1. The number of amides is 2. The molecule has 2 aromatic rings. The summed E-state index contributed by atoms with van der Waals surface area (Å²) in [4.78, 5) is 21.0. The van der Waals surface area contributed by atoms with Gasteiger partial charge in [0, 0.05) is 39.3 Å². The van der Waals surface area contributed by atoms with Gasteiger partial charge in [0.05, 0.1) is 7.11 Å². The van der Waals surface area contributed by atoms with E-state index >= 15 is 0 Å². The molecule has 2 rings (SSSR count). The van der Waals surface area contributed by atoms with Crippen molar-refractivity contribution < 1.29 is 47.0 Å². The SMILES string of the molecule is COC(=O)[N-]c1ccc(C)cc1.Cc1c(C(C)(C)C)cc(CN[C-]=O)cc1C(C)(C)C.[Y]. The van der Waals surface area contributed by atoms with E-state index in [1.807, 2.05) is 19.1 Å². The Morgan fingerprint density at radius 2 is 1.44 bits per heavy atom. The van der Waals surface area contributed by atoms with Crippen LogP contribution in [0.25, 0.3) is 5.32 Å². The van der Waals surface area contributed by atoms with Gasteiger partial charge in [0.15, 0.2) is 0 Å². The third kappa shape index (κ3) is 9.83. The number of rotatable bonds is 4. The van der Waals surface area contributed by atoms with Crippen molar-refractivity contribution in [1.82, 2.24) is 5.32 Å². The van der Waals surface area contributed by atoms with Crippen LogP contribution in [0, 0.1) is 13.8 Å². The van der Waals surface area contributed by atoms with Gasteiger partial charge in [-0.3, -0.25) is 4.79 Å². The van der Waals surface area contributed by atoms with Crippen LogP contribution in [0.2, 0.25) is 0 Å². The number of aryl methyl sites for hydroxylation is 1. The zero-order valence-corrected chi connectivity index (χ0v) is 23.8. The van der Waals surface area contributed by atoms with Crippen LogP contribution >= 0.6 is 0 Å². The predicted octanol–water partition coefficient (Wildman–Crippen LogP) is 6.51. The molecular formula is C26H36N2O3Y-2. The fourth-order valence-electron chi connectivity index (χ4n) is 3.34. The van der Waals surface area contributed by atoms with E-state index in [0.717, 1.165) is 11.1 Å². The second-order valence-corrected chi connectivity index (χ2v) is 9.69.